The summed E-state index contributed by atoms with van der Waals surface area (Å²) in [7, 11) is 0. The van der Waals surface area contributed by atoms with Gasteiger partial charge in [-0.3, -0.25) is 0 Å². The van der Waals surface area contributed by atoms with Crippen molar-refractivity contribution in [1.29, 1.82) is 0 Å². The summed E-state index contributed by atoms with van der Waals surface area (Å²) in [5, 5.41) is 3.40. The van der Waals surface area contributed by atoms with Crippen molar-refractivity contribution in [2.75, 3.05) is 33.0 Å². The van der Waals surface area contributed by atoms with Crippen LogP contribution in [0.5, 0.6) is 0 Å². The summed E-state index contributed by atoms with van der Waals surface area (Å²) in [5.74, 6) is 0. The second-order valence-corrected chi connectivity index (χ2v) is 3.42. The van der Waals surface area contributed by atoms with Gasteiger partial charge < -0.3 is 14.8 Å². The molecule has 1 fully saturated rings. The summed E-state index contributed by atoms with van der Waals surface area (Å²) in [6.45, 7) is 6.51. The van der Waals surface area contributed by atoms with Crippen LogP contribution in [-0.2, 0) is 9.47 Å². The van der Waals surface area contributed by atoms with E-state index in [0.717, 1.165) is 39.4 Å². The Morgan fingerprint density at radius 2 is 2.15 bits per heavy atom. The quantitative estimate of drug-likeness (QED) is 0.607. The SMILES string of the molecule is CCOCCCOCC1CCCN1. The van der Waals surface area contributed by atoms with Crippen LogP contribution in [0.15, 0.2) is 0 Å². The molecule has 1 aliphatic heterocycles. The molecule has 0 amide bonds. The molecule has 1 unspecified atom stereocenters. The highest BCUT2D eigenvalue weighted by Gasteiger charge is 2.12. The van der Waals surface area contributed by atoms with Crippen LogP contribution >= 0.6 is 0 Å². The lowest BCUT2D eigenvalue weighted by molar-refractivity contribution is 0.0791. The highest BCUT2D eigenvalue weighted by atomic mass is 16.5. The van der Waals surface area contributed by atoms with E-state index in [1.807, 2.05) is 6.92 Å². The Morgan fingerprint density at radius 3 is 2.85 bits per heavy atom. The van der Waals surface area contributed by atoms with Gasteiger partial charge in [-0.05, 0) is 32.7 Å². The van der Waals surface area contributed by atoms with Crippen molar-refractivity contribution in [3.05, 3.63) is 0 Å². The fourth-order valence-corrected chi connectivity index (χ4v) is 1.53. The summed E-state index contributed by atoms with van der Waals surface area (Å²) in [5.41, 5.74) is 0. The van der Waals surface area contributed by atoms with Crippen LogP contribution in [0, 0.1) is 0 Å². The minimum Gasteiger partial charge on any atom is -0.382 e. The van der Waals surface area contributed by atoms with E-state index in [0.29, 0.717) is 6.04 Å². The fraction of sp³-hybridized carbons (Fsp3) is 1.00. The first-order valence-corrected chi connectivity index (χ1v) is 5.32. The van der Waals surface area contributed by atoms with E-state index in [1.165, 1.54) is 12.8 Å². The van der Waals surface area contributed by atoms with Crippen LogP contribution in [0.2, 0.25) is 0 Å². The summed E-state index contributed by atoms with van der Waals surface area (Å²) in [4.78, 5) is 0. The minimum atomic E-state index is 0.604. The van der Waals surface area contributed by atoms with Gasteiger partial charge in [0, 0.05) is 25.9 Å². The first kappa shape index (κ1) is 11.0. The van der Waals surface area contributed by atoms with E-state index in [-0.39, 0.29) is 0 Å². The number of nitrogens with one attached hydrogen (secondary N) is 1. The third-order valence-corrected chi connectivity index (χ3v) is 2.26. The second kappa shape index (κ2) is 7.30. The van der Waals surface area contributed by atoms with E-state index in [9.17, 15) is 0 Å². The van der Waals surface area contributed by atoms with Gasteiger partial charge in [-0.1, -0.05) is 0 Å². The zero-order valence-corrected chi connectivity index (χ0v) is 8.55. The third-order valence-electron chi connectivity index (χ3n) is 2.26. The summed E-state index contributed by atoms with van der Waals surface area (Å²) < 4.78 is 10.7. The van der Waals surface area contributed by atoms with E-state index in [1.54, 1.807) is 0 Å². The lowest BCUT2D eigenvalue weighted by Gasteiger charge is -2.10. The number of hydrogen-bond acceptors (Lipinski definition) is 3. The Morgan fingerprint density at radius 1 is 1.31 bits per heavy atom. The number of rotatable bonds is 7. The summed E-state index contributed by atoms with van der Waals surface area (Å²) in [6, 6.07) is 0.604. The summed E-state index contributed by atoms with van der Waals surface area (Å²) >= 11 is 0. The molecule has 78 valence electrons. The van der Waals surface area contributed by atoms with Gasteiger partial charge in [-0.25, -0.2) is 0 Å². The average molecular weight is 187 g/mol. The maximum atomic E-state index is 5.52. The minimum absolute atomic E-state index is 0.604. The van der Waals surface area contributed by atoms with Gasteiger partial charge in [-0.2, -0.15) is 0 Å². The highest BCUT2D eigenvalue weighted by Crippen LogP contribution is 2.04. The van der Waals surface area contributed by atoms with Crippen LogP contribution in [0.4, 0.5) is 0 Å². The predicted molar refractivity (Wildman–Crippen MR) is 53.0 cm³/mol. The Balaban J connectivity index is 1.78. The molecule has 0 saturated carbocycles. The zero-order chi connectivity index (χ0) is 9.36. The van der Waals surface area contributed by atoms with Crippen molar-refractivity contribution < 1.29 is 9.47 Å². The Labute approximate surface area is 80.8 Å². The lowest BCUT2D eigenvalue weighted by atomic mass is 10.2. The molecule has 3 nitrogen and oxygen atoms in total. The Kier molecular flexibility index (Phi) is 6.15. The molecular formula is C10H21NO2. The molecule has 0 radical (unpaired) electrons. The summed E-state index contributed by atoms with van der Waals surface area (Å²) in [6.07, 6.45) is 3.58. The molecule has 1 aliphatic rings. The van der Waals surface area contributed by atoms with Crippen molar-refractivity contribution in [1.82, 2.24) is 5.32 Å². The van der Waals surface area contributed by atoms with Gasteiger partial charge in [-0.15, -0.1) is 0 Å². The van der Waals surface area contributed by atoms with Crippen molar-refractivity contribution in [2.45, 2.75) is 32.2 Å². The van der Waals surface area contributed by atoms with Gasteiger partial charge in [0.25, 0.3) is 0 Å². The Bertz CT molecular complexity index is 113. The zero-order valence-electron chi connectivity index (χ0n) is 8.55. The first-order chi connectivity index (χ1) is 6.43. The maximum Gasteiger partial charge on any atom is 0.0619 e. The van der Waals surface area contributed by atoms with Crippen molar-refractivity contribution in [2.24, 2.45) is 0 Å². The molecule has 1 saturated heterocycles. The highest BCUT2D eigenvalue weighted by molar-refractivity contribution is 4.73. The normalized spacial score (nSPS) is 22.4. The molecular weight excluding hydrogens is 166 g/mol. The van der Waals surface area contributed by atoms with Crippen LogP contribution in [0.3, 0.4) is 0 Å². The van der Waals surface area contributed by atoms with Crippen LogP contribution in [0.25, 0.3) is 0 Å². The molecule has 0 aliphatic carbocycles. The molecule has 1 atom stereocenters. The van der Waals surface area contributed by atoms with Crippen LogP contribution in [-0.4, -0.2) is 39.0 Å². The number of hydrogen-bond donors (Lipinski definition) is 1. The van der Waals surface area contributed by atoms with Gasteiger partial charge in [0.05, 0.1) is 6.61 Å². The van der Waals surface area contributed by atoms with Gasteiger partial charge >= 0.3 is 0 Å². The molecule has 13 heavy (non-hydrogen) atoms. The number of ether oxygens (including phenoxy) is 2. The average Bonchev–Trinajstić information content (AvgIpc) is 2.63. The van der Waals surface area contributed by atoms with E-state index < -0.39 is 0 Å². The van der Waals surface area contributed by atoms with Crippen molar-refractivity contribution in [3.63, 3.8) is 0 Å². The molecule has 1 N–H and O–H groups in total. The molecule has 0 bridgehead atoms. The molecule has 0 spiro atoms. The van der Waals surface area contributed by atoms with Crippen molar-refractivity contribution in [3.8, 4) is 0 Å². The third kappa shape index (κ3) is 5.24. The fourth-order valence-electron chi connectivity index (χ4n) is 1.53. The molecule has 1 heterocycles. The molecule has 0 aromatic heterocycles. The monoisotopic (exact) mass is 187 g/mol. The Hall–Kier alpha value is -0.120. The van der Waals surface area contributed by atoms with E-state index in [4.69, 9.17) is 9.47 Å². The smallest absolute Gasteiger partial charge is 0.0619 e. The molecule has 0 aromatic rings. The lowest BCUT2D eigenvalue weighted by Crippen LogP contribution is -2.27. The van der Waals surface area contributed by atoms with E-state index in [2.05, 4.69) is 5.32 Å². The van der Waals surface area contributed by atoms with Crippen LogP contribution < -0.4 is 5.32 Å². The molecule has 1 rings (SSSR count). The largest absolute Gasteiger partial charge is 0.382 e. The van der Waals surface area contributed by atoms with Gasteiger partial charge in [0.1, 0.15) is 0 Å². The second-order valence-electron chi connectivity index (χ2n) is 3.42. The van der Waals surface area contributed by atoms with Gasteiger partial charge in [0.15, 0.2) is 0 Å². The van der Waals surface area contributed by atoms with Crippen molar-refractivity contribution >= 4 is 0 Å². The standard InChI is InChI=1S/C10H21NO2/c1-2-12-7-4-8-13-9-10-5-3-6-11-10/h10-11H,2-9H2,1H3. The van der Waals surface area contributed by atoms with E-state index >= 15 is 0 Å². The van der Waals surface area contributed by atoms with Gasteiger partial charge in [0.2, 0.25) is 0 Å². The first-order valence-electron chi connectivity index (χ1n) is 5.32. The predicted octanol–water partition coefficient (Wildman–Crippen LogP) is 1.18. The topological polar surface area (TPSA) is 30.5 Å². The van der Waals surface area contributed by atoms with Crippen LogP contribution in [0.1, 0.15) is 26.2 Å². The maximum absolute atomic E-state index is 5.52. The molecule has 3 heteroatoms. The molecule has 0 aromatic carbocycles.